The highest BCUT2D eigenvalue weighted by atomic mass is 19.1. The predicted molar refractivity (Wildman–Crippen MR) is 104 cm³/mol. The van der Waals surface area contributed by atoms with Gasteiger partial charge in [0.1, 0.15) is 18.9 Å². The maximum absolute atomic E-state index is 13.1. The van der Waals surface area contributed by atoms with Crippen LogP contribution in [-0.4, -0.2) is 64.8 Å². The monoisotopic (exact) mass is 415 g/mol. The number of benzene rings is 1. The number of aromatic nitrogens is 1. The van der Waals surface area contributed by atoms with Gasteiger partial charge in [0, 0.05) is 30.5 Å². The Balaban J connectivity index is 1.61. The van der Waals surface area contributed by atoms with Gasteiger partial charge in [-0.3, -0.25) is 19.3 Å². The molecule has 1 aliphatic rings. The van der Waals surface area contributed by atoms with E-state index in [-0.39, 0.29) is 12.4 Å². The fourth-order valence-electron chi connectivity index (χ4n) is 3.32. The number of likely N-dealkylation sites (N-methyl/N-ethyl adjacent to an activating group) is 1. The molecule has 0 bridgehead atoms. The molecule has 30 heavy (non-hydrogen) atoms. The van der Waals surface area contributed by atoms with Gasteiger partial charge in [-0.25, -0.2) is 9.18 Å². The molecule has 9 heteroatoms. The molecule has 3 amide bonds. The second-order valence-corrected chi connectivity index (χ2v) is 7.20. The number of ketones is 1. The zero-order valence-electron chi connectivity index (χ0n) is 17.0. The molecule has 1 saturated heterocycles. The molecular formula is C21H22FN3O5. The van der Waals surface area contributed by atoms with E-state index in [1.807, 2.05) is 11.5 Å². The normalized spacial score (nSPS) is 13.9. The summed E-state index contributed by atoms with van der Waals surface area (Å²) in [4.78, 5) is 50.0. The predicted octanol–water partition coefficient (Wildman–Crippen LogP) is 1.91. The first-order valence-electron chi connectivity index (χ1n) is 9.33. The Morgan fingerprint density at radius 3 is 2.40 bits per heavy atom. The van der Waals surface area contributed by atoms with Crippen LogP contribution >= 0.6 is 0 Å². The van der Waals surface area contributed by atoms with E-state index in [1.165, 1.54) is 24.1 Å². The Morgan fingerprint density at radius 1 is 1.13 bits per heavy atom. The third-order valence-corrected chi connectivity index (χ3v) is 5.01. The van der Waals surface area contributed by atoms with Crippen molar-refractivity contribution in [2.24, 2.45) is 0 Å². The van der Waals surface area contributed by atoms with E-state index in [2.05, 4.69) is 0 Å². The second-order valence-electron chi connectivity index (χ2n) is 7.20. The van der Waals surface area contributed by atoms with Gasteiger partial charge in [-0.15, -0.1) is 0 Å². The summed E-state index contributed by atoms with van der Waals surface area (Å²) in [5.74, 6) is -2.03. The molecule has 1 aromatic heterocycles. The summed E-state index contributed by atoms with van der Waals surface area (Å²) in [5, 5.41) is 0. The lowest BCUT2D eigenvalue weighted by Gasteiger charge is -2.13. The van der Waals surface area contributed by atoms with Crippen molar-refractivity contribution in [1.82, 2.24) is 14.4 Å². The third kappa shape index (κ3) is 4.40. The van der Waals surface area contributed by atoms with Crippen LogP contribution in [0.1, 0.15) is 27.3 Å². The number of amides is 3. The lowest BCUT2D eigenvalue weighted by molar-refractivity contribution is -0.145. The molecule has 1 aromatic carbocycles. The van der Waals surface area contributed by atoms with Crippen molar-refractivity contribution in [3.63, 3.8) is 0 Å². The molecule has 8 nitrogen and oxygen atoms in total. The van der Waals surface area contributed by atoms with Crippen LogP contribution in [-0.2, 0) is 20.9 Å². The van der Waals surface area contributed by atoms with Gasteiger partial charge in [0.25, 0.3) is 5.91 Å². The molecule has 158 valence electrons. The lowest BCUT2D eigenvalue weighted by atomic mass is 10.1. The Hall–Kier alpha value is -3.49. The Kier molecular flexibility index (Phi) is 6.00. The van der Waals surface area contributed by atoms with Gasteiger partial charge in [-0.1, -0.05) is 12.1 Å². The van der Waals surface area contributed by atoms with Crippen LogP contribution in [0.5, 0.6) is 0 Å². The van der Waals surface area contributed by atoms with E-state index in [0.29, 0.717) is 17.8 Å². The van der Waals surface area contributed by atoms with Crippen molar-refractivity contribution in [2.45, 2.75) is 20.4 Å². The third-order valence-electron chi connectivity index (χ3n) is 5.01. The summed E-state index contributed by atoms with van der Waals surface area (Å²) >= 11 is 0. The van der Waals surface area contributed by atoms with Crippen LogP contribution in [0.3, 0.4) is 0 Å². The SMILES string of the molecule is Cc1cc(C(=O)COC(=O)CN2C(=O)CN(C)C2=O)c(C)n1Cc1ccc(F)cc1. The highest BCUT2D eigenvalue weighted by Gasteiger charge is 2.35. The largest absolute Gasteiger partial charge is 0.456 e. The van der Waals surface area contributed by atoms with Crippen LogP contribution in [0.25, 0.3) is 0 Å². The molecule has 1 aliphatic heterocycles. The van der Waals surface area contributed by atoms with E-state index in [0.717, 1.165) is 16.2 Å². The van der Waals surface area contributed by atoms with Crippen molar-refractivity contribution < 1.29 is 28.3 Å². The minimum atomic E-state index is -0.833. The Morgan fingerprint density at radius 2 is 1.80 bits per heavy atom. The van der Waals surface area contributed by atoms with E-state index < -0.39 is 36.8 Å². The van der Waals surface area contributed by atoms with E-state index in [1.54, 1.807) is 25.1 Å². The van der Waals surface area contributed by atoms with Crippen LogP contribution in [0.2, 0.25) is 0 Å². The average Bonchev–Trinajstić information content (AvgIpc) is 3.11. The van der Waals surface area contributed by atoms with Crippen LogP contribution in [0.15, 0.2) is 30.3 Å². The minimum absolute atomic E-state index is 0.0922. The molecule has 0 aliphatic carbocycles. The minimum Gasteiger partial charge on any atom is -0.456 e. The van der Waals surface area contributed by atoms with Gasteiger partial charge in [0.15, 0.2) is 6.61 Å². The molecule has 2 heterocycles. The lowest BCUT2D eigenvalue weighted by Crippen LogP contribution is -2.37. The fourth-order valence-corrected chi connectivity index (χ4v) is 3.32. The molecule has 0 unspecified atom stereocenters. The van der Waals surface area contributed by atoms with E-state index >= 15 is 0 Å². The van der Waals surface area contributed by atoms with Crippen LogP contribution in [0.4, 0.5) is 9.18 Å². The Bertz CT molecular complexity index is 1010. The van der Waals surface area contributed by atoms with Crippen molar-refractivity contribution in [2.75, 3.05) is 26.7 Å². The smallest absolute Gasteiger partial charge is 0.327 e. The number of nitrogens with zero attached hydrogens (tertiary/aromatic N) is 3. The number of carbonyl (C=O) groups excluding carboxylic acids is 4. The van der Waals surface area contributed by atoms with Crippen molar-refractivity contribution >= 4 is 23.7 Å². The standard InChI is InChI=1S/C21H22FN3O5/c1-13-8-17(14(2)24(13)9-15-4-6-16(22)7-5-15)18(26)12-30-20(28)11-25-19(27)10-23(3)21(25)29/h4-8H,9-12H2,1-3H3. The van der Waals surface area contributed by atoms with Gasteiger partial charge in [0.2, 0.25) is 5.78 Å². The summed E-state index contributed by atoms with van der Waals surface area (Å²) in [7, 11) is 1.46. The van der Waals surface area contributed by atoms with Gasteiger partial charge >= 0.3 is 12.0 Å². The molecule has 0 radical (unpaired) electrons. The van der Waals surface area contributed by atoms with Gasteiger partial charge < -0.3 is 14.2 Å². The average molecular weight is 415 g/mol. The fraction of sp³-hybridized carbons (Fsp3) is 0.333. The summed E-state index contributed by atoms with van der Waals surface area (Å²) < 4.78 is 20.0. The summed E-state index contributed by atoms with van der Waals surface area (Å²) in [6.07, 6.45) is 0. The zero-order chi connectivity index (χ0) is 22.0. The number of aryl methyl sites for hydroxylation is 1. The van der Waals surface area contributed by atoms with Crippen molar-refractivity contribution in [3.8, 4) is 0 Å². The molecule has 1 fully saturated rings. The summed E-state index contributed by atoms with van der Waals surface area (Å²) in [6, 6.07) is 7.24. The molecule has 0 N–H and O–H groups in total. The number of ether oxygens (including phenoxy) is 1. The molecule has 3 rings (SSSR count). The number of urea groups is 1. The second kappa shape index (κ2) is 8.48. The van der Waals surface area contributed by atoms with E-state index in [9.17, 15) is 23.6 Å². The van der Waals surface area contributed by atoms with Gasteiger partial charge in [-0.2, -0.15) is 0 Å². The summed E-state index contributed by atoms with van der Waals surface area (Å²) in [6.45, 7) is 2.98. The molecule has 0 spiro atoms. The first kappa shape index (κ1) is 21.2. The quantitative estimate of drug-likeness (QED) is 0.392. The first-order chi connectivity index (χ1) is 14.2. The zero-order valence-corrected chi connectivity index (χ0v) is 17.0. The molecular weight excluding hydrogens is 393 g/mol. The molecule has 2 aromatic rings. The highest BCUT2D eigenvalue weighted by Crippen LogP contribution is 2.18. The topological polar surface area (TPSA) is 88.9 Å². The van der Waals surface area contributed by atoms with Gasteiger partial charge in [0.05, 0.1) is 0 Å². The molecule has 0 saturated carbocycles. The number of Topliss-reactive ketones (excluding diaryl/α,β-unsaturated/α-hetero) is 1. The van der Waals surface area contributed by atoms with E-state index in [4.69, 9.17) is 4.74 Å². The number of imide groups is 1. The van der Waals surface area contributed by atoms with Crippen molar-refractivity contribution in [1.29, 1.82) is 0 Å². The number of esters is 1. The van der Waals surface area contributed by atoms with Crippen LogP contribution < -0.4 is 0 Å². The van der Waals surface area contributed by atoms with Crippen LogP contribution in [0, 0.1) is 19.7 Å². The number of rotatable bonds is 7. The maximum Gasteiger partial charge on any atom is 0.327 e. The first-order valence-corrected chi connectivity index (χ1v) is 9.33. The maximum atomic E-state index is 13.1. The Labute approximate surface area is 172 Å². The highest BCUT2D eigenvalue weighted by molar-refractivity contribution is 6.04. The number of carbonyl (C=O) groups is 4. The number of halogens is 1. The molecule has 0 atom stereocenters. The number of hydrogen-bond acceptors (Lipinski definition) is 5. The summed E-state index contributed by atoms with van der Waals surface area (Å²) in [5.41, 5.74) is 2.83. The van der Waals surface area contributed by atoms with Gasteiger partial charge in [-0.05, 0) is 37.6 Å². The van der Waals surface area contributed by atoms with Crippen molar-refractivity contribution in [3.05, 3.63) is 58.7 Å². The number of hydrogen-bond donors (Lipinski definition) is 0.